The zero-order valence-corrected chi connectivity index (χ0v) is 13.6. The summed E-state index contributed by atoms with van der Waals surface area (Å²) in [7, 11) is 0. The highest BCUT2D eigenvalue weighted by Gasteiger charge is 2.24. The molecule has 0 heterocycles. The zero-order valence-electron chi connectivity index (χ0n) is 13.6. The lowest BCUT2D eigenvalue weighted by atomic mass is 9.90. The van der Waals surface area contributed by atoms with E-state index in [-0.39, 0.29) is 23.3 Å². The van der Waals surface area contributed by atoms with E-state index in [1.807, 2.05) is 30.9 Å². The summed E-state index contributed by atoms with van der Waals surface area (Å²) in [5, 5.41) is 18.9. The summed E-state index contributed by atoms with van der Waals surface area (Å²) in [4.78, 5) is 14.7. The second-order valence-corrected chi connectivity index (χ2v) is 5.53. The van der Waals surface area contributed by atoms with Crippen LogP contribution in [0.5, 0.6) is 11.5 Å². The number of carbonyl (C=O) groups excluding carboxylic acids is 1. The molecule has 1 amide bonds. The van der Waals surface area contributed by atoms with E-state index in [1.54, 1.807) is 36.4 Å². The van der Waals surface area contributed by atoms with Gasteiger partial charge in [-0.2, -0.15) is 0 Å². The van der Waals surface area contributed by atoms with Crippen molar-refractivity contribution in [3.8, 4) is 11.5 Å². The van der Waals surface area contributed by atoms with Crippen LogP contribution in [0, 0.1) is 0 Å². The van der Waals surface area contributed by atoms with Gasteiger partial charge in [-0.1, -0.05) is 24.3 Å². The predicted octanol–water partition coefficient (Wildman–Crippen LogP) is 3.29. The van der Waals surface area contributed by atoms with Crippen LogP contribution in [0.15, 0.2) is 48.5 Å². The van der Waals surface area contributed by atoms with E-state index in [0.29, 0.717) is 19.5 Å². The summed E-state index contributed by atoms with van der Waals surface area (Å²) < 4.78 is 0. The molecule has 0 saturated carbocycles. The molecule has 4 heteroatoms. The summed E-state index contributed by atoms with van der Waals surface area (Å²) in [6.45, 7) is 5.27. The largest absolute Gasteiger partial charge is 0.508 e. The lowest BCUT2D eigenvalue weighted by Gasteiger charge is -2.25. The van der Waals surface area contributed by atoms with Crippen LogP contribution in [-0.2, 0) is 11.2 Å². The molecule has 122 valence electrons. The van der Waals surface area contributed by atoms with Crippen molar-refractivity contribution >= 4 is 5.91 Å². The van der Waals surface area contributed by atoms with Crippen molar-refractivity contribution in [1.29, 1.82) is 0 Å². The van der Waals surface area contributed by atoms with E-state index in [0.717, 1.165) is 11.1 Å². The van der Waals surface area contributed by atoms with Gasteiger partial charge in [0.1, 0.15) is 11.5 Å². The summed E-state index contributed by atoms with van der Waals surface area (Å²) in [6, 6.07) is 13.7. The van der Waals surface area contributed by atoms with Crippen molar-refractivity contribution in [1.82, 2.24) is 4.90 Å². The van der Waals surface area contributed by atoms with Gasteiger partial charge in [0.05, 0.1) is 5.92 Å². The van der Waals surface area contributed by atoms with E-state index >= 15 is 0 Å². The number of nitrogens with zero attached hydrogens (tertiary/aromatic N) is 1. The predicted molar refractivity (Wildman–Crippen MR) is 90.6 cm³/mol. The molecule has 2 N–H and O–H groups in total. The number of phenolic OH excluding ortho intramolecular Hbond substituents is 2. The Morgan fingerprint density at radius 2 is 1.39 bits per heavy atom. The smallest absolute Gasteiger partial charge is 0.230 e. The lowest BCUT2D eigenvalue weighted by molar-refractivity contribution is -0.132. The number of hydrogen-bond acceptors (Lipinski definition) is 3. The lowest BCUT2D eigenvalue weighted by Crippen LogP contribution is -2.35. The fourth-order valence-electron chi connectivity index (χ4n) is 2.68. The number of benzene rings is 2. The highest BCUT2D eigenvalue weighted by Crippen LogP contribution is 2.26. The van der Waals surface area contributed by atoms with Gasteiger partial charge >= 0.3 is 0 Å². The Bertz CT molecular complexity index is 631. The monoisotopic (exact) mass is 313 g/mol. The normalized spacial score (nSPS) is 11.9. The molecule has 0 unspecified atom stereocenters. The molecule has 0 aliphatic carbocycles. The average molecular weight is 313 g/mol. The van der Waals surface area contributed by atoms with Crippen LogP contribution in [0.4, 0.5) is 0 Å². The number of likely N-dealkylation sites (N-methyl/N-ethyl adjacent to an activating group) is 1. The van der Waals surface area contributed by atoms with Gasteiger partial charge in [-0.15, -0.1) is 0 Å². The average Bonchev–Trinajstić information content (AvgIpc) is 2.56. The Labute approximate surface area is 137 Å². The van der Waals surface area contributed by atoms with Crippen molar-refractivity contribution in [3.63, 3.8) is 0 Å². The van der Waals surface area contributed by atoms with Gasteiger partial charge in [0.2, 0.25) is 5.91 Å². The van der Waals surface area contributed by atoms with Crippen LogP contribution in [0.1, 0.15) is 30.9 Å². The first-order valence-corrected chi connectivity index (χ1v) is 7.90. The van der Waals surface area contributed by atoms with Crippen LogP contribution in [-0.4, -0.2) is 34.1 Å². The Morgan fingerprint density at radius 1 is 0.913 bits per heavy atom. The highest BCUT2D eigenvalue weighted by atomic mass is 16.3. The molecule has 1 atom stereocenters. The van der Waals surface area contributed by atoms with Crippen molar-refractivity contribution in [3.05, 3.63) is 59.7 Å². The Hall–Kier alpha value is -2.49. The third kappa shape index (κ3) is 4.25. The molecule has 2 aromatic carbocycles. The molecule has 23 heavy (non-hydrogen) atoms. The first kappa shape index (κ1) is 16.9. The molecule has 0 aliphatic rings. The van der Waals surface area contributed by atoms with E-state index in [4.69, 9.17) is 0 Å². The quantitative estimate of drug-likeness (QED) is 0.860. The van der Waals surface area contributed by atoms with Crippen LogP contribution in [0.3, 0.4) is 0 Å². The number of phenols is 2. The van der Waals surface area contributed by atoms with Gasteiger partial charge < -0.3 is 15.1 Å². The molecule has 0 radical (unpaired) electrons. The number of carbonyl (C=O) groups is 1. The van der Waals surface area contributed by atoms with Crippen LogP contribution >= 0.6 is 0 Å². The second-order valence-electron chi connectivity index (χ2n) is 5.53. The molecule has 2 aromatic rings. The summed E-state index contributed by atoms with van der Waals surface area (Å²) in [5.41, 5.74) is 1.87. The van der Waals surface area contributed by atoms with Gasteiger partial charge in [-0.3, -0.25) is 4.79 Å². The second kappa shape index (κ2) is 7.68. The minimum Gasteiger partial charge on any atom is -0.508 e. The Kier molecular flexibility index (Phi) is 5.63. The van der Waals surface area contributed by atoms with E-state index < -0.39 is 0 Å². The van der Waals surface area contributed by atoms with E-state index in [2.05, 4.69) is 0 Å². The fourth-order valence-corrected chi connectivity index (χ4v) is 2.68. The molecule has 4 nitrogen and oxygen atoms in total. The Morgan fingerprint density at radius 3 is 1.87 bits per heavy atom. The van der Waals surface area contributed by atoms with Gasteiger partial charge in [0.25, 0.3) is 0 Å². The van der Waals surface area contributed by atoms with Crippen LogP contribution < -0.4 is 0 Å². The van der Waals surface area contributed by atoms with Crippen molar-refractivity contribution in [2.75, 3.05) is 13.1 Å². The van der Waals surface area contributed by atoms with Crippen LogP contribution in [0.25, 0.3) is 0 Å². The van der Waals surface area contributed by atoms with Crippen molar-refractivity contribution < 1.29 is 15.0 Å². The maximum absolute atomic E-state index is 12.9. The highest BCUT2D eigenvalue weighted by molar-refractivity contribution is 5.84. The van der Waals surface area contributed by atoms with Crippen LogP contribution in [0.2, 0.25) is 0 Å². The summed E-state index contributed by atoms with van der Waals surface area (Å²) in [5.74, 6) is 0.172. The number of rotatable bonds is 6. The maximum Gasteiger partial charge on any atom is 0.230 e. The minimum absolute atomic E-state index is 0.0776. The van der Waals surface area contributed by atoms with Gasteiger partial charge in [0, 0.05) is 13.1 Å². The molecule has 0 fully saturated rings. The topological polar surface area (TPSA) is 60.8 Å². The number of amides is 1. The van der Waals surface area contributed by atoms with Gasteiger partial charge in [-0.25, -0.2) is 0 Å². The molecular formula is C19H23NO3. The molecule has 0 aliphatic heterocycles. The fraction of sp³-hybridized carbons (Fsp3) is 0.316. The molecule has 0 spiro atoms. The number of hydrogen-bond donors (Lipinski definition) is 2. The molecule has 2 rings (SSSR count). The van der Waals surface area contributed by atoms with Crippen molar-refractivity contribution in [2.24, 2.45) is 0 Å². The van der Waals surface area contributed by atoms with Gasteiger partial charge in [0.15, 0.2) is 0 Å². The molecule has 0 aromatic heterocycles. The first-order valence-electron chi connectivity index (χ1n) is 7.90. The van der Waals surface area contributed by atoms with Crippen molar-refractivity contribution in [2.45, 2.75) is 26.2 Å². The van der Waals surface area contributed by atoms with E-state index in [9.17, 15) is 15.0 Å². The molecule has 0 bridgehead atoms. The summed E-state index contributed by atoms with van der Waals surface area (Å²) >= 11 is 0. The Balaban J connectivity index is 2.32. The zero-order chi connectivity index (χ0) is 16.8. The number of aromatic hydroxyl groups is 2. The van der Waals surface area contributed by atoms with E-state index in [1.165, 1.54) is 0 Å². The minimum atomic E-state index is -0.306. The maximum atomic E-state index is 12.9. The summed E-state index contributed by atoms with van der Waals surface area (Å²) in [6.07, 6.45) is 0.556. The third-order valence-corrected chi connectivity index (χ3v) is 4.04. The molecular weight excluding hydrogens is 290 g/mol. The van der Waals surface area contributed by atoms with Gasteiger partial charge in [-0.05, 0) is 55.7 Å². The third-order valence-electron chi connectivity index (χ3n) is 4.04. The first-order chi connectivity index (χ1) is 11.0. The molecule has 0 saturated heterocycles. The standard InChI is InChI=1S/C19H23NO3/c1-3-20(4-2)19(23)18(15-7-11-17(22)12-8-15)13-14-5-9-16(21)10-6-14/h5-12,18,21-22H,3-4,13H2,1-2H3/t18-/m0/s1. The SMILES string of the molecule is CCN(CC)C(=O)[C@@H](Cc1ccc(O)cc1)c1ccc(O)cc1.